The van der Waals surface area contributed by atoms with Crippen LogP contribution >= 0.6 is 0 Å². The van der Waals surface area contributed by atoms with E-state index < -0.39 is 0 Å². The van der Waals surface area contributed by atoms with Crippen molar-refractivity contribution in [3.63, 3.8) is 0 Å². The Kier molecular flexibility index (Phi) is 106. The molecule has 0 aliphatic carbocycles. The molecule has 0 spiro atoms. The van der Waals surface area contributed by atoms with E-state index in [9.17, 15) is 0 Å². The Balaban J connectivity index is -0.00000000500. The molecule has 0 N–H and O–H groups in total. The van der Waals surface area contributed by atoms with Gasteiger partial charge in [0.2, 0.25) is 0 Å². The summed E-state index contributed by atoms with van der Waals surface area (Å²) in [4.78, 5) is 0. The largest absolute Gasteiger partial charge is 0 e. The zero-order chi connectivity index (χ0) is 2.00. The summed E-state index contributed by atoms with van der Waals surface area (Å²) >= 11 is 2.62. The fourth-order valence-electron chi connectivity index (χ4n) is 0. The van der Waals surface area contributed by atoms with E-state index in [-0.39, 0.29) is 39.1 Å². The Morgan fingerprint density at radius 1 is 1.25 bits per heavy atom. The summed E-state index contributed by atoms with van der Waals surface area (Å²) in [6.07, 6.45) is 0. The number of hydrogen-bond donors (Lipinski definition) is 0. The van der Waals surface area contributed by atoms with E-state index in [2.05, 4.69) is 15.4 Å². The Bertz CT molecular complexity index is 8.00. The topological polar surface area (TPSA) is 17.1 Å². The van der Waals surface area contributed by atoms with E-state index in [1.54, 1.807) is 0 Å². The molecule has 0 saturated heterocycles. The standard InChI is InChI=1S/Al.Ni.O.Ti.3H. The van der Waals surface area contributed by atoms with Gasteiger partial charge < -0.3 is 0 Å². The molecule has 0 saturated carbocycles. The summed E-state index contributed by atoms with van der Waals surface area (Å²) in [5, 5.41) is 0. The van der Waals surface area contributed by atoms with Crippen LogP contribution in [0.4, 0.5) is 0 Å². The smallest absolute Gasteiger partial charge is 0 e. The maximum absolute atomic E-state index is 7.88. The molecule has 0 unspecified atom stereocenters. The molecular weight excluding hydrogens is 150 g/mol. The average molecular weight is 153 g/mol. The second kappa shape index (κ2) is 24.0. The first kappa shape index (κ1) is 17.7. The third-order valence-electron chi connectivity index (χ3n) is 0. The Morgan fingerprint density at radius 3 is 1.25 bits per heavy atom. The maximum atomic E-state index is 7.88. The first-order valence-electron chi connectivity index (χ1n) is 0.129. The predicted octanol–water partition coefficient (Wildman–Crippen LogP) is -1.31. The molecule has 4 heteroatoms. The van der Waals surface area contributed by atoms with Crippen molar-refractivity contribution < 1.29 is 41.0 Å². The molecule has 0 aliphatic heterocycles. The van der Waals surface area contributed by atoms with Gasteiger partial charge in [-0.3, -0.25) is 0 Å². The van der Waals surface area contributed by atoms with Crippen LogP contribution in [-0.4, -0.2) is 17.4 Å². The summed E-state index contributed by atoms with van der Waals surface area (Å²) in [7, 11) is 0. The second-order valence-corrected chi connectivity index (χ2v) is 0. The fourth-order valence-corrected chi connectivity index (χ4v) is 0. The molecule has 0 aromatic heterocycles. The zero-order valence-corrected chi connectivity index (χ0v) is 3.77. The van der Waals surface area contributed by atoms with Crippen molar-refractivity contribution in [1.29, 1.82) is 0 Å². The van der Waals surface area contributed by atoms with Crippen molar-refractivity contribution in [1.82, 2.24) is 0 Å². The van der Waals surface area contributed by atoms with Gasteiger partial charge in [-0.15, -0.1) is 0 Å². The average Bonchev–Trinajstić information content (AvgIpc) is 1.00. The van der Waals surface area contributed by atoms with Crippen molar-refractivity contribution in [2.24, 2.45) is 0 Å². The van der Waals surface area contributed by atoms with Gasteiger partial charge in [0.25, 0.3) is 0 Å². The van der Waals surface area contributed by atoms with E-state index in [1.165, 1.54) is 0 Å². The van der Waals surface area contributed by atoms with Crippen LogP contribution in [0.25, 0.3) is 0 Å². The van der Waals surface area contributed by atoms with E-state index in [4.69, 9.17) is 3.90 Å². The molecule has 26 valence electrons. The monoisotopic (exact) mass is 152 g/mol. The quantitative estimate of drug-likeness (QED) is 0.394. The summed E-state index contributed by atoms with van der Waals surface area (Å²) in [6, 6.07) is 0. The fraction of sp³-hybridized carbons (Fsp3) is 0. The Morgan fingerprint density at radius 2 is 1.25 bits per heavy atom. The van der Waals surface area contributed by atoms with Gasteiger partial charge in [-0.25, -0.2) is 0 Å². The third-order valence-corrected chi connectivity index (χ3v) is 0. The first-order valence-corrected chi connectivity index (χ1v) is 0.532. The van der Waals surface area contributed by atoms with Crippen LogP contribution in [0.2, 0.25) is 0 Å². The molecule has 0 aromatic carbocycles. The number of hydrogen-bond acceptors (Lipinski definition) is 1. The van der Waals surface area contributed by atoms with Crippen LogP contribution in [0, 0.1) is 0 Å². The summed E-state index contributed by atoms with van der Waals surface area (Å²) in [5.74, 6) is 0. The molecule has 1 nitrogen and oxygen atoms in total. The van der Waals surface area contributed by atoms with Crippen molar-refractivity contribution in [3.05, 3.63) is 0 Å². The van der Waals surface area contributed by atoms with E-state index in [0.29, 0.717) is 0 Å². The Hall–Kier alpha value is 1.54. The van der Waals surface area contributed by atoms with Crippen molar-refractivity contribution in [2.45, 2.75) is 0 Å². The summed E-state index contributed by atoms with van der Waals surface area (Å²) in [5.41, 5.74) is 0. The van der Waals surface area contributed by atoms with Gasteiger partial charge in [0.1, 0.15) is 0 Å². The van der Waals surface area contributed by atoms with Crippen LogP contribution < -0.4 is 0 Å². The van der Waals surface area contributed by atoms with Crippen molar-refractivity contribution in [3.8, 4) is 0 Å². The van der Waals surface area contributed by atoms with Crippen LogP contribution in [0.1, 0.15) is 0 Å². The molecular formula is H3AlNiOTi. The molecule has 0 rings (SSSR count). The molecule has 4 heavy (non-hydrogen) atoms. The van der Waals surface area contributed by atoms with Gasteiger partial charge >= 0.3 is 19.3 Å². The minimum absolute atomic E-state index is 0. The summed E-state index contributed by atoms with van der Waals surface area (Å²) < 4.78 is 7.88. The molecule has 0 aromatic rings. The summed E-state index contributed by atoms with van der Waals surface area (Å²) in [6.45, 7) is 0. The first-order chi connectivity index (χ1) is 1.00. The van der Waals surface area contributed by atoms with Crippen molar-refractivity contribution >= 4 is 17.4 Å². The molecule has 0 heterocycles. The number of rotatable bonds is 0. The molecule has 0 atom stereocenters. The van der Waals surface area contributed by atoms with Crippen LogP contribution in [0.3, 0.4) is 0 Å². The van der Waals surface area contributed by atoms with Crippen LogP contribution in [0.15, 0.2) is 0 Å². The van der Waals surface area contributed by atoms with Gasteiger partial charge in [0.05, 0.1) is 0 Å². The molecule has 0 fully saturated rings. The predicted molar refractivity (Wildman–Crippen MR) is 10.6 cm³/mol. The molecule has 0 amide bonds. The minimum atomic E-state index is 0. The van der Waals surface area contributed by atoms with Gasteiger partial charge in [0.15, 0.2) is 17.4 Å². The van der Waals surface area contributed by atoms with Crippen molar-refractivity contribution in [2.75, 3.05) is 0 Å². The van der Waals surface area contributed by atoms with Crippen LogP contribution in [-0.2, 0) is 41.0 Å². The van der Waals surface area contributed by atoms with E-state index in [1.807, 2.05) is 0 Å². The third kappa shape index (κ3) is 9.63. The maximum Gasteiger partial charge on any atom is 0 e. The molecule has 0 aliphatic rings. The molecule has 0 radical (unpaired) electrons. The normalized spacial score (nSPS) is 1.50. The van der Waals surface area contributed by atoms with Gasteiger partial charge in [0, 0.05) is 21.7 Å². The van der Waals surface area contributed by atoms with Gasteiger partial charge in [-0.05, 0) is 0 Å². The van der Waals surface area contributed by atoms with Gasteiger partial charge in [-0.1, -0.05) is 0 Å². The minimum Gasteiger partial charge on any atom is 0 e. The SMILES string of the molecule is [AlH3].[O]=[Ni].[Ti]. The van der Waals surface area contributed by atoms with E-state index >= 15 is 0 Å². The van der Waals surface area contributed by atoms with Crippen LogP contribution in [0.5, 0.6) is 0 Å². The van der Waals surface area contributed by atoms with E-state index in [0.717, 1.165) is 0 Å². The Labute approximate surface area is 58.1 Å². The molecule has 0 bridgehead atoms. The van der Waals surface area contributed by atoms with Gasteiger partial charge in [-0.2, -0.15) is 0 Å². The zero-order valence-electron chi connectivity index (χ0n) is 1.22. The second-order valence-electron chi connectivity index (χ2n) is 0.